The molecular formula is C12H14N2O4. The van der Waals surface area contributed by atoms with Gasteiger partial charge < -0.3 is 15.7 Å². The van der Waals surface area contributed by atoms with Crippen molar-refractivity contribution in [2.24, 2.45) is 5.73 Å². The normalized spacial score (nSPS) is 9.78. The van der Waals surface area contributed by atoms with Crippen LogP contribution in [0.2, 0.25) is 0 Å². The van der Waals surface area contributed by atoms with Crippen LogP contribution in [0, 0.1) is 0 Å². The van der Waals surface area contributed by atoms with Crippen LogP contribution >= 0.6 is 0 Å². The third-order valence-corrected chi connectivity index (χ3v) is 2.22. The van der Waals surface area contributed by atoms with Gasteiger partial charge in [0.1, 0.15) is 6.54 Å². The van der Waals surface area contributed by atoms with Crippen LogP contribution in [0.5, 0.6) is 0 Å². The maximum atomic E-state index is 11.8. The number of carboxylic acid groups (broad SMARTS) is 1. The number of rotatable bonds is 6. The monoisotopic (exact) mass is 250 g/mol. The summed E-state index contributed by atoms with van der Waals surface area (Å²) in [5.74, 6) is -2.36. The van der Waals surface area contributed by atoms with Gasteiger partial charge in [-0.3, -0.25) is 14.4 Å². The number of primary amides is 1. The lowest BCUT2D eigenvalue weighted by atomic mass is 10.1. The highest BCUT2D eigenvalue weighted by Crippen LogP contribution is 2.03. The largest absolute Gasteiger partial charge is 0.480 e. The van der Waals surface area contributed by atoms with Crippen LogP contribution in [-0.4, -0.2) is 40.9 Å². The molecule has 1 aromatic carbocycles. The van der Waals surface area contributed by atoms with E-state index >= 15 is 0 Å². The van der Waals surface area contributed by atoms with E-state index in [0.29, 0.717) is 0 Å². The molecule has 3 N–H and O–H groups in total. The average molecular weight is 250 g/mol. The Balaban J connectivity index is 2.69. The second kappa shape index (κ2) is 6.39. The number of aliphatic carboxylic acids is 1. The van der Waals surface area contributed by atoms with Gasteiger partial charge in [0, 0.05) is 0 Å². The van der Waals surface area contributed by atoms with Crippen LogP contribution in [0.4, 0.5) is 0 Å². The van der Waals surface area contributed by atoms with Crippen LogP contribution in [0.1, 0.15) is 5.56 Å². The second-order valence-corrected chi connectivity index (χ2v) is 3.77. The van der Waals surface area contributed by atoms with Crippen molar-refractivity contribution in [2.45, 2.75) is 6.42 Å². The molecule has 0 saturated heterocycles. The zero-order valence-corrected chi connectivity index (χ0v) is 9.70. The molecule has 0 bridgehead atoms. The zero-order valence-electron chi connectivity index (χ0n) is 9.70. The van der Waals surface area contributed by atoms with Gasteiger partial charge in [-0.15, -0.1) is 0 Å². The third kappa shape index (κ3) is 4.65. The van der Waals surface area contributed by atoms with Gasteiger partial charge in [-0.25, -0.2) is 0 Å². The van der Waals surface area contributed by atoms with Crippen molar-refractivity contribution in [3.05, 3.63) is 35.9 Å². The van der Waals surface area contributed by atoms with E-state index in [0.717, 1.165) is 10.5 Å². The molecule has 0 unspecified atom stereocenters. The molecule has 1 rings (SSSR count). The molecule has 6 nitrogen and oxygen atoms in total. The number of hydrogen-bond donors (Lipinski definition) is 2. The lowest BCUT2D eigenvalue weighted by Crippen LogP contribution is -2.42. The fourth-order valence-electron chi connectivity index (χ4n) is 1.47. The van der Waals surface area contributed by atoms with Crippen LogP contribution in [0.25, 0.3) is 0 Å². The fourth-order valence-corrected chi connectivity index (χ4v) is 1.47. The number of amides is 2. The van der Waals surface area contributed by atoms with Gasteiger partial charge in [-0.2, -0.15) is 0 Å². The van der Waals surface area contributed by atoms with E-state index in [4.69, 9.17) is 10.8 Å². The van der Waals surface area contributed by atoms with Gasteiger partial charge in [0.05, 0.1) is 13.0 Å². The molecule has 0 radical (unpaired) electrons. The Bertz CT molecular complexity index is 429. The summed E-state index contributed by atoms with van der Waals surface area (Å²) in [7, 11) is 0. The Kier molecular flexibility index (Phi) is 4.86. The van der Waals surface area contributed by atoms with Crippen molar-refractivity contribution >= 4 is 17.8 Å². The Morgan fingerprint density at radius 2 is 1.72 bits per heavy atom. The molecule has 0 aliphatic carbocycles. The highest BCUT2D eigenvalue weighted by Gasteiger charge is 2.18. The quantitative estimate of drug-likeness (QED) is 0.719. The van der Waals surface area contributed by atoms with Crippen molar-refractivity contribution in [1.82, 2.24) is 4.90 Å². The van der Waals surface area contributed by atoms with Crippen molar-refractivity contribution in [3.8, 4) is 0 Å². The molecule has 2 amide bonds. The predicted octanol–water partition coefficient (Wildman–Crippen LogP) is -0.372. The van der Waals surface area contributed by atoms with Crippen molar-refractivity contribution in [3.63, 3.8) is 0 Å². The van der Waals surface area contributed by atoms with Crippen molar-refractivity contribution < 1.29 is 19.5 Å². The highest BCUT2D eigenvalue weighted by molar-refractivity contribution is 5.87. The zero-order chi connectivity index (χ0) is 13.5. The predicted molar refractivity (Wildman–Crippen MR) is 63.6 cm³/mol. The SMILES string of the molecule is NC(=O)CN(CC(=O)O)C(=O)Cc1ccccc1. The van der Waals surface area contributed by atoms with E-state index in [-0.39, 0.29) is 6.42 Å². The molecule has 0 saturated carbocycles. The van der Waals surface area contributed by atoms with E-state index in [9.17, 15) is 14.4 Å². The molecule has 0 aliphatic rings. The number of benzene rings is 1. The molecule has 0 aromatic heterocycles. The van der Waals surface area contributed by atoms with E-state index in [1.165, 1.54) is 0 Å². The standard InChI is InChI=1S/C12H14N2O4/c13-10(15)7-14(8-12(17)18)11(16)6-9-4-2-1-3-5-9/h1-5H,6-8H2,(H2,13,15)(H,17,18). The topological polar surface area (TPSA) is 101 Å². The fraction of sp³-hybridized carbons (Fsp3) is 0.250. The minimum absolute atomic E-state index is 0.0431. The number of nitrogens with two attached hydrogens (primary N) is 1. The summed E-state index contributed by atoms with van der Waals surface area (Å²) in [4.78, 5) is 34.2. The first-order valence-corrected chi connectivity index (χ1v) is 5.31. The van der Waals surface area contributed by atoms with Gasteiger partial charge in [-0.1, -0.05) is 30.3 Å². The summed E-state index contributed by atoms with van der Waals surface area (Å²) in [6.45, 7) is -0.924. The summed E-state index contributed by atoms with van der Waals surface area (Å²) >= 11 is 0. The summed E-state index contributed by atoms with van der Waals surface area (Å²) < 4.78 is 0. The van der Waals surface area contributed by atoms with Crippen LogP contribution in [-0.2, 0) is 20.8 Å². The minimum Gasteiger partial charge on any atom is -0.480 e. The van der Waals surface area contributed by atoms with E-state index in [2.05, 4.69) is 0 Å². The van der Waals surface area contributed by atoms with E-state index < -0.39 is 30.9 Å². The molecule has 0 fully saturated rings. The van der Waals surface area contributed by atoms with Crippen molar-refractivity contribution in [1.29, 1.82) is 0 Å². The molecule has 0 aliphatic heterocycles. The molecule has 0 atom stereocenters. The van der Waals surface area contributed by atoms with Crippen molar-refractivity contribution in [2.75, 3.05) is 13.1 Å². The number of carboxylic acids is 1. The summed E-state index contributed by atoms with van der Waals surface area (Å²) in [5, 5.41) is 8.67. The Labute approximate surface area is 104 Å². The number of carbonyl (C=O) groups is 3. The van der Waals surface area contributed by atoms with Gasteiger partial charge in [0.2, 0.25) is 11.8 Å². The maximum absolute atomic E-state index is 11.8. The lowest BCUT2D eigenvalue weighted by Gasteiger charge is -2.18. The van der Waals surface area contributed by atoms with E-state index in [1.54, 1.807) is 24.3 Å². The second-order valence-electron chi connectivity index (χ2n) is 3.77. The smallest absolute Gasteiger partial charge is 0.323 e. The molecule has 96 valence electrons. The first kappa shape index (κ1) is 13.7. The number of hydrogen-bond acceptors (Lipinski definition) is 3. The maximum Gasteiger partial charge on any atom is 0.323 e. The lowest BCUT2D eigenvalue weighted by molar-refractivity contribution is -0.145. The molecule has 6 heteroatoms. The molecule has 18 heavy (non-hydrogen) atoms. The summed E-state index contributed by atoms with van der Waals surface area (Å²) in [6, 6.07) is 8.87. The van der Waals surface area contributed by atoms with E-state index in [1.807, 2.05) is 6.07 Å². The van der Waals surface area contributed by atoms with Gasteiger partial charge in [0.25, 0.3) is 0 Å². The Morgan fingerprint density at radius 3 is 2.22 bits per heavy atom. The molecular weight excluding hydrogens is 236 g/mol. The minimum atomic E-state index is -1.18. The molecule has 0 spiro atoms. The Hall–Kier alpha value is -2.37. The first-order chi connectivity index (χ1) is 8.49. The highest BCUT2D eigenvalue weighted by atomic mass is 16.4. The van der Waals surface area contributed by atoms with Crippen LogP contribution < -0.4 is 5.73 Å². The van der Waals surface area contributed by atoms with Gasteiger partial charge in [0.15, 0.2) is 0 Å². The summed E-state index contributed by atoms with van der Waals surface area (Å²) in [5.41, 5.74) is 5.73. The summed E-state index contributed by atoms with van der Waals surface area (Å²) in [6.07, 6.45) is 0.0431. The molecule has 0 heterocycles. The Morgan fingerprint density at radius 1 is 1.11 bits per heavy atom. The molecule has 1 aromatic rings. The van der Waals surface area contributed by atoms with Crippen LogP contribution in [0.3, 0.4) is 0 Å². The third-order valence-electron chi connectivity index (χ3n) is 2.22. The van der Waals surface area contributed by atoms with Gasteiger partial charge >= 0.3 is 5.97 Å². The van der Waals surface area contributed by atoms with Crippen LogP contribution in [0.15, 0.2) is 30.3 Å². The van der Waals surface area contributed by atoms with Gasteiger partial charge in [-0.05, 0) is 5.56 Å². The first-order valence-electron chi connectivity index (χ1n) is 5.31. The number of nitrogens with zero attached hydrogens (tertiary/aromatic N) is 1. The average Bonchev–Trinajstić information content (AvgIpc) is 2.28. The number of carbonyl (C=O) groups excluding carboxylic acids is 2.